The average molecular weight is 414 g/mol. The zero-order chi connectivity index (χ0) is 21.9. The largest absolute Gasteiger partial charge is 0.480 e. The molecule has 1 fully saturated rings. The smallest absolute Gasteiger partial charge is 0.410 e. The number of carboxylic acid groups (broad SMARTS) is 1. The summed E-state index contributed by atoms with van der Waals surface area (Å²) in [6.45, 7) is 6.95. The number of nitrogens with zero attached hydrogens (tertiary/aromatic N) is 3. The van der Waals surface area contributed by atoms with Crippen molar-refractivity contribution in [1.29, 1.82) is 5.26 Å². The molecular formula is C21H26N4O5. The molecule has 1 aromatic carbocycles. The highest BCUT2D eigenvalue weighted by Crippen LogP contribution is 2.32. The molecule has 2 heterocycles. The molecule has 0 bridgehead atoms. The minimum absolute atomic E-state index is 0.0831. The third-order valence-electron chi connectivity index (χ3n) is 4.85. The number of rotatable bonds is 5. The molecule has 2 N–H and O–H groups in total. The highest BCUT2D eigenvalue weighted by molar-refractivity contribution is 5.90. The predicted molar refractivity (Wildman–Crippen MR) is 109 cm³/mol. The summed E-state index contributed by atoms with van der Waals surface area (Å²) in [5.74, 6) is -0.464. The number of fused-ring (bicyclic) bond motifs is 1. The number of amides is 1. The average Bonchev–Trinajstić information content (AvgIpc) is 3.08. The molecule has 1 amide bonds. The molecule has 30 heavy (non-hydrogen) atoms. The number of hydrogen-bond acceptors (Lipinski definition) is 6. The number of nitrogens with one attached hydrogen (secondary N) is 1. The van der Waals surface area contributed by atoms with Gasteiger partial charge in [0.15, 0.2) is 6.61 Å². The van der Waals surface area contributed by atoms with Crippen molar-refractivity contribution in [2.45, 2.75) is 32.4 Å². The third kappa shape index (κ3) is 4.83. The van der Waals surface area contributed by atoms with Crippen LogP contribution in [0.1, 0.15) is 32.4 Å². The molecule has 160 valence electrons. The van der Waals surface area contributed by atoms with Gasteiger partial charge < -0.3 is 24.5 Å². The summed E-state index contributed by atoms with van der Waals surface area (Å²) >= 11 is 0. The van der Waals surface area contributed by atoms with Crippen LogP contribution in [0.2, 0.25) is 0 Å². The minimum atomic E-state index is -0.968. The molecule has 1 saturated heterocycles. The maximum Gasteiger partial charge on any atom is 0.410 e. The summed E-state index contributed by atoms with van der Waals surface area (Å²) in [5.41, 5.74) is 0.825. The van der Waals surface area contributed by atoms with E-state index in [0.717, 1.165) is 10.9 Å². The first-order valence-electron chi connectivity index (χ1n) is 9.75. The highest BCUT2D eigenvalue weighted by Gasteiger charge is 2.34. The fraction of sp³-hybridized carbons (Fsp3) is 0.476. The SMILES string of the molecule is CC(C)(C)OC(=O)N1CCN([C@@H](C(=O)O)c2c[nH]c3ccc(OCC#N)cc23)CC1. The molecule has 0 radical (unpaired) electrons. The van der Waals surface area contributed by atoms with Crippen molar-refractivity contribution in [3.05, 3.63) is 30.0 Å². The first kappa shape index (κ1) is 21.5. The van der Waals surface area contributed by atoms with Crippen LogP contribution in [0, 0.1) is 11.3 Å². The number of nitriles is 1. The van der Waals surface area contributed by atoms with Gasteiger partial charge in [-0.05, 0) is 39.0 Å². The van der Waals surface area contributed by atoms with Crippen LogP contribution < -0.4 is 4.74 Å². The Labute approximate surface area is 174 Å². The van der Waals surface area contributed by atoms with Gasteiger partial charge in [0.05, 0.1) is 0 Å². The Morgan fingerprint density at radius 3 is 2.57 bits per heavy atom. The maximum absolute atomic E-state index is 12.3. The highest BCUT2D eigenvalue weighted by atomic mass is 16.6. The summed E-state index contributed by atoms with van der Waals surface area (Å²) in [6, 6.07) is 6.32. The Kier molecular flexibility index (Phi) is 6.17. The number of hydrogen-bond donors (Lipinski definition) is 2. The summed E-state index contributed by atoms with van der Waals surface area (Å²) in [5, 5.41) is 19.4. The Bertz CT molecular complexity index is 964. The lowest BCUT2D eigenvalue weighted by atomic mass is 10.0. The molecule has 1 aliphatic heterocycles. The first-order chi connectivity index (χ1) is 14.2. The van der Waals surface area contributed by atoms with Crippen molar-refractivity contribution in [1.82, 2.24) is 14.8 Å². The second-order valence-electron chi connectivity index (χ2n) is 8.14. The lowest BCUT2D eigenvalue weighted by Crippen LogP contribution is -2.51. The van der Waals surface area contributed by atoms with E-state index in [9.17, 15) is 14.7 Å². The van der Waals surface area contributed by atoms with Crippen LogP contribution in [0.4, 0.5) is 4.79 Å². The van der Waals surface area contributed by atoms with E-state index in [1.807, 2.05) is 31.7 Å². The quantitative estimate of drug-likeness (QED) is 0.772. The number of ether oxygens (including phenoxy) is 2. The second-order valence-corrected chi connectivity index (χ2v) is 8.14. The number of aromatic amines is 1. The standard InChI is InChI=1S/C21H26N4O5/c1-21(2,3)30-20(28)25-9-7-24(8-10-25)18(19(26)27)16-13-23-17-5-4-14(12-15(16)17)29-11-6-22/h4-5,12-13,18,23H,7-11H2,1-3H3,(H,26,27)/t18-/m1/s1. The van der Waals surface area contributed by atoms with Crippen molar-refractivity contribution in [3.8, 4) is 11.8 Å². The van der Waals surface area contributed by atoms with E-state index < -0.39 is 17.6 Å². The molecule has 1 aromatic heterocycles. The number of aliphatic carboxylic acids is 1. The van der Waals surface area contributed by atoms with E-state index in [1.165, 1.54) is 0 Å². The van der Waals surface area contributed by atoms with Gasteiger partial charge >= 0.3 is 12.1 Å². The molecule has 2 aromatic rings. The van der Waals surface area contributed by atoms with Gasteiger partial charge in [0, 0.05) is 48.8 Å². The molecule has 0 unspecified atom stereocenters. The zero-order valence-corrected chi connectivity index (χ0v) is 17.3. The number of aromatic nitrogens is 1. The Balaban J connectivity index is 1.78. The van der Waals surface area contributed by atoms with Crippen molar-refractivity contribution < 1.29 is 24.2 Å². The Morgan fingerprint density at radius 1 is 1.27 bits per heavy atom. The van der Waals surface area contributed by atoms with Gasteiger partial charge in [-0.3, -0.25) is 9.69 Å². The Morgan fingerprint density at radius 2 is 1.97 bits per heavy atom. The van der Waals surface area contributed by atoms with Crippen LogP contribution in [0.5, 0.6) is 5.75 Å². The van der Waals surface area contributed by atoms with E-state index in [-0.39, 0.29) is 12.7 Å². The summed E-state index contributed by atoms with van der Waals surface area (Å²) in [4.78, 5) is 31.0. The van der Waals surface area contributed by atoms with Crippen molar-refractivity contribution in [2.75, 3.05) is 32.8 Å². The Hall–Kier alpha value is -3.25. The normalized spacial score (nSPS) is 16.1. The molecule has 1 atom stereocenters. The van der Waals surface area contributed by atoms with Gasteiger partial charge in [-0.2, -0.15) is 5.26 Å². The van der Waals surface area contributed by atoms with Gasteiger partial charge in [-0.1, -0.05) is 0 Å². The van der Waals surface area contributed by atoms with Gasteiger partial charge in [0.2, 0.25) is 0 Å². The molecule has 0 aliphatic carbocycles. The van der Waals surface area contributed by atoms with Crippen molar-refractivity contribution >= 4 is 23.0 Å². The molecule has 9 heteroatoms. The van der Waals surface area contributed by atoms with Crippen LogP contribution in [-0.4, -0.2) is 70.3 Å². The molecule has 1 aliphatic rings. The van der Waals surface area contributed by atoms with Crippen LogP contribution in [0.15, 0.2) is 24.4 Å². The first-order valence-corrected chi connectivity index (χ1v) is 9.75. The van der Waals surface area contributed by atoms with E-state index >= 15 is 0 Å². The fourth-order valence-electron chi connectivity index (χ4n) is 3.53. The number of H-pyrrole nitrogens is 1. The zero-order valence-electron chi connectivity index (χ0n) is 17.3. The molecule has 0 spiro atoms. The van der Waals surface area contributed by atoms with Crippen LogP contribution >= 0.6 is 0 Å². The van der Waals surface area contributed by atoms with Crippen LogP contribution in [0.25, 0.3) is 10.9 Å². The summed E-state index contributed by atoms with van der Waals surface area (Å²) in [6.07, 6.45) is 1.30. The third-order valence-corrected chi connectivity index (χ3v) is 4.85. The predicted octanol–water partition coefficient (Wildman–Crippen LogP) is 2.75. The van der Waals surface area contributed by atoms with E-state index in [4.69, 9.17) is 14.7 Å². The number of piperazine rings is 1. The lowest BCUT2D eigenvalue weighted by Gasteiger charge is -2.38. The van der Waals surface area contributed by atoms with E-state index in [0.29, 0.717) is 37.5 Å². The number of carboxylic acids is 1. The molecule has 9 nitrogen and oxygen atoms in total. The maximum atomic E-state index is 12.3. The lowest BCUT2D eigenvalue weighted by molar-refractivity contribution is -0.144. The molecule has 0 saturated carbocycles. The number of benzene rings is 1. The van der Waals surface area contributed by atoms with Crippen LogP contribution in [0.3, 0.4) is 0 Å². The summed E-state index contributed by atoms with van der Waals surface area (Å²) < 4.78 is 10.8. The summed E-state index contributed by atoms with van der Waals surface area (Å²) in [7, 11) is 0. The molecular weight excluding hydrogens is 388 g/mol. The van der Waals surface area contributed by atoms with Crippen molar-refractivity contribution in [3.63, 3.8) is 0 Å². The van der Waals surface area contributed by atoms with E-state index in [2.05, 4.69) is 4.98 Å². The van der Waals surface area contributed by atoms with E-state index in [1.54, 1.807) is 29.3 Å². The van der Waals surface area contributed by atoms with Crippen LogP contribution in [-0.2, 0) is 9.53 Å². The van der Waals surface area contributed by atoms with Gasteiger partial charge in [-0.25, -0.2) is 4.79 Å². The minimum Gasteiger partial charge on any atom is -0.480 e. The monoisotopic (exact) mass is 414 g/mol. The number of carbonyl (C=O) groups is 2. The fourth-order valence-corrected chi connectivity index (χ4v) is 3.53. The number of carbonyl (C=O) groups excluding carboxylic acids is 1. The second kappa shape index (κ2) is 8.63. The van der Waals surface area contributed by atoms with Gasteiger partial charge in [-0.15, -0.1) is 0 Å². The van der Waals surface area contributed by atoms with Gasteiger partial charge in [0.1, 0.15) is 23.5 Å². The van der Waals surface area contributed by atoms with Gasteiger partial charge in [0.25, 0.3) is 0 Å². The van der Waals surface area contributed by atoms with Crippen molar-refractivity contribution in [2.24, 2.45) is 0 Å². The molecule has 3 rings (SSSR count). The topological polar surface area (TPSA) is 119 Å².